The van der Waals surface area contributed by atoms with E-state index in [-0.39, 0.29) is 12.1 Å². The highest BCUT2D eigenvalue weighted by atomic mass is 16.5. The maximum Gasteiger partial charge on any atom is 0.323 e. The third-order valence-corrected chi connectivity index (χ3v) is 4.25. The zero-order valence-electron chi connectivity index (χ0n) is 13.4. The summed E-state index contributed by atoms with van der Waals surface area (Å²) < 4.78 is 5.98. The third-order valence-electron chi connectivity index (χ3n) is 4.25. The van der Waals surface area contributed by atoms with Gasteiger partial charge in [-0.05, 0) is 39.0 Å². The minimum Gasteiger partial charge on any atom is -0.460 e. The molecule has 0 aliphatic heterocycles. The second kappa shape index (κ2) is 7.43. The standard InChI is InChI=1S/C15H27N5O/c1-4-11-8-7-9-12(10-11)21-15-18-13(16)17-14(19-15)20(5-2)6-3/h11-12H,4-10H2,1-3H3,(H2,16,17,18,19). The van der Waals surface area contributed by atoms with Gasteiger partial charge in [0.15, 0.2) is 0 Å². The quantitative estimate of drug-likeness (QED) is 0.869. The lowest BCUT2D eigenvalue weighted by molar-refractivity contribution is 0.111. The molecule has 118 valence electrons. The third kappa shape index (κ3) is 4.19. The molecule has 0 radical (unpaired) electrons. The molecule has 0 spiro atoms. The van der Waals surface area contributed by atoms with Crippen molar-refractivity contribution in [2.45, 2.75) is 59.0 Å². The maximum atomic E-state index is 5.98. The Hall–Kier alpha value is -1.59. The molecule has 1 aliphatic carbocycles. The number of anilines is 2. The van der Waals surface area contributed by atoms with Crippen molar-refractivity contribution < 1.29 is 4.74 Å². The first-order valence-corrected chi connectivity index (χ1v) is 8.09. The van der Waals surface area contributed by atoms with Crippen LogP contribution in [0, 0.1) is 5.92 Å². The van der Waals surface area contributed by atoms with Gasteiger partial charge in [-0.25, -0.2) is 0 Å². The molecule has 1 fully saturated rings. The molecule has 1 saturated carbocycles. The van der Waals surface area contributed by atoms with Gasteiger partial charge in [0.1, 0.15) is 6.10 Å². The van der Waals surface area contributed by atoms with Crippen LogP contribution in [0.15, 0.2) is 0 Å². The Balaban J connectivity index is 2.09. The van der Waals surface area contributed by atoms with Crippen molar-refractivity contribution in [1.29, 1.82) is 0 Å². The van der Waals surface area contributed by atoms with Crippen molar-refractivity contribution in [1.82, 2.24) is 15.0 Å². The summed E-state index contributed by atoms with van der Waals surface area (Å²) in [4.78, 5) is 14.8. The van der Waals surface area contributed by atoms with Crippen LogP contribution in [0.3, 0.4) is 0 Å². The van der Waals surface area contributed by atoms with Crippen LogP contribution >= 0.6 is 0 Å². The molecular formula is C15H27N5O. The summed E-state index contributed by atoms with van der Waals surface area (Å²) >= 11 is 0. The Labute approximate surface area is 127 Å². The van der Waals surface area contributed by atoms with E-state index in [4.69, 9.17) is 10.5 Å². The summed E-state index contributed by atoms with van der Waals surface area (Å²) in [6.07, 6.45) is 6.09. The Bertz CT molecular complexity index is 450. The van der Waals surface area contributed by atoms with E-state index in [1.54, 1.807) is 0 Å². The van der Waals surface area contributed by atoms with Crippen LogP contribution in [0.1, 0.15) is 52.9 Å². The minimum atomic E-state index is 0.204. The van der Waals surface area contributed by atoms with Crippen molar-refractivity contribution in [2.24, 2.45) is 5.92 Å². The lowest BCUT2D eigenvalue weighted by atomic mass is 9.86. The first-order chi connectivity index (χ1) is 10.2. The van der Waals surface area contributed by atoms with Crippen LogP contribution < -0.4 is 15.4 Å². The molecule has 2 rings (SSSR count). The Morgan fingerprint density at radius 1 is 1.14 bits per heavy atom. The van der Waals surface area contributed by atoms with E-state index < -0.39 is 0 Å². The molecule has 0 bridgehead atoms. The van der Waals surface area contributed by atoms with E-state index >= 15 is 0 Å². The molecule has 1 aromatic rings. The van der Waals surface area contributed by atoms with Crippen LogP contribution in [-0.2, 0) is 0 Å². The summed E-state index contributed by atoms with van der Waals surface area (Å²) in [5.74, 6) is 1.58. The summed E-state index contributed by atoms with van der Waals surface area (Å²) in [6.45, 7) is 8.04. The highest BCUT2D eigenvalue weighted by Gasteiger charge is 2.23. The SMILES string of the molecule is CCC1CCCC(Oc2nc(N)nc(N(CC)CC)n2)C1. The van der Waals surface area contributed by atoms with Crippen LogP contribution in [-0.4, -0.2) is 34.1 Å². The summed E-state index contributed by atoms with van der Waals surface area (Å²) in [6, 6.07) is 0.367. The lowest BCUT2D eigenvalue weighted by Gasteiger charge is -2.28. The predicted octanol–water partition coefficient (Wildman–Crippen LogP) is 2.65. The van der Waals surface area contributed by atoms with E-state index in [0.29, 0.717) is 12.0 Å². The normalized spacial score (nSPS) is 22.0. The van der Waals surface area contributed by atoms with Crippen LogP contribution in [0.5, 0.6) is 6.01 Å². The molecule has 2 atom stereocenters. The first kappa shape index (κ1) is 15.8. The van der Waals surface area contributed by atoms with Gasteiger partial charge >= 0.3 is 6.01 Å². The highest BCUT2D eigenvalue weighted by Crippen LogP contribution is 2.29. The lowest BCUT2D eigenvalue weighted by Crippen LogP contribution is -2.28. The van der Waals surface area contributed by atoms with Crippen LogP contribution in [0.2, 0.25) is 0 Å². The molecule has 1 heterocycles. The number of aromatic nitrogens is 3. The number of nitrogens with zero attached hydrogens (tertiary/aromatic N) is 4. The monoisotopic (exact) mass is 293 g/mol. The molecule has 1 aromatic heterocycles. The molecule has 0 saturated heterocycles. The minimum absolute atomic E-state index is 0.204. The molecule has 2 unspecified atom stereocenters. The largest absolute Gasteiger partial charge is 0.460 e. The number of nitrogens with two attached hydrogens (primary N) is 1. The number of hydrogen-bond acceptors (Lipinski definition) is 6. The van der Waals surface area contributed by atoms with Gasteiger partial charge < -0.3 is 15.4 Å². The Morgan fingerprint density at radius 2 is 1.90 bits per heavy atom. The van der Waals surface area contributed by atoms with Gasteiger partial charge in [-0.1, -0.05) is 19.8 Å². The maximum absolute atomic E-state index is 5.98. The molecule has 21 heavy (non-hydrogen) atoms. The van der Waals surface area contributed by atoms with E-state index in [1.807, 2.05) is 4.90 Å². The summed E-state index contributed by atoms with van der Waals surface area (Å²) in [7, 11) is 0. The van der Waals surface area contributed by atoms with Crippen molar-refractivity contribution in [3.05, 3.63) is 0 Å². The highest BCUT2D eigenvalue weighted by molar-refractivity contribution is 5.35. The summed E-state index contributed by atoms with van der Waals surface area (Å²) in [5, 5.41) is 0. The van der Waals surface area contributed by atoms with Crippen molar-refractivity contribution >= 4 is 11.9 Å². The fraction of sp³-hybridized carbons (Fsp3) is 0.800. The van der Waals surface area contributed by atoms with Gasteiger partial charge in [0, 0.05) is 13.1 Å². The number of nitrogen functional groups attached to an aromatic ring is 1. The number of rotatable bonds is 6. The molecule has 1 aliphatic rings. The zero-order chi connectivity index (χ0) is 15.2. The Kier molecular flexibility index (Phi) is 5.59. The van der Waals surface area contributed by atoms with Gasteiger partial charge in [-0.2, -0.15) is 15.0 Å². The van der Waals surface area contributed by atoms with E-state index in [9.17, 15) is 0 Å². The molecule has 6 heteroatoms. The Morgan fingerprint density at radius 3 is 2.57 bits per heavy atom. The first-order valence-electron chi connectivity index (χ1n) is 8.09. The van der Waals surface area contributed by atoms with Gasteiger partial charge in [-0.3, -0.25) is 0 Å². The average molecular weight is 293 g/mol. The molecule has 2 N–H and O–H groups in total. The molecule has 0 amide bonds. The van der Waals surface area contributed by atoms with Crippen molar-refractivity contribution in [3.8, 4) is 6.01 Å². The molecule has 0 aromatic carbocycles. The van der Waals surface area contributed by atoms with Gasteiger partial charge in [0.05, 0.1) is 0 Å². The van der Waals surface area contributed by atoms with E-state index in [1.165, 1.54) is 19.3 Å². The smallest absolute Gasteiger partial charge is 0.323 e. The van der Waals surface area contributed by atoms with E-state index in [0.717, 1.165) is 31.8 Å². The molecule has 6 nitrogen and oxygen atoms in total. The van der Waals surface area contributed by atoms with E-state index in [2.05, 4.69) is 35.7 Å². The van der Waals surface area contributed by atoms with Crippen LogP contribution in [0.4, 0.5) is 11.9 Å². The zero-order valence-corrected chi connectivity index (χ0v) is 13.4. The topological polar surface area (TPSA) is 77.2 Å². The fourth-order valence-corrected chi connectivity index (χ4v) is 2.93. The fourth-order valence-electron chi connectivity index (χ4n) is 2.93. The number of ether oxygens (including phenoxy) is 1. The van der Waals surface area contributed by atoms with Crippen molar-refractivity contribution in [2.75, 3.05) is 23.7 Å². The van der Waals surface area contributed by atoms with Gasteiger partial charge in [-0.15, -0.1) is 0 Å². The number of hydrogen-bond donors (Lipinski definition) is 1. The van der Waals surface area contributed by atoms with Crippen molar-refractivity contribution in [3.63, 3.8) is 0 Å². The summed E-state index contributed by atoms with van der Waals surface area (Å²) in [5.41, 5.74) is 5.80. The second-order valence-electron chi connectivity index (χ2n) is 5.63. The van der Waals surface area contributed by atoms with Crippen LogP contribution in [0.25, 0.3) is 0 Å². The molecular weight excluding hydrogens is 266 g/mol. The van der Waals surface area contributed by atoms with Gasteiger partial charge in [0.25, 0.3) is 0 Å². The second-order valence-corrected chi connectivity index (χ2v) is 5.63. The predicted molar refractivity (Wildman–Crippen MR) is 84.5 cm³/mol. The average Bonchev–Trinajstić information content (AvgIpc) is 2.48. The van der Waals surface area contributed by atoms with Gasteiger partial charge in [0.2, 0.25) is 11.9 Å².